The molecule has 0 spiro atoms. The van der Waals surface area contributed by atoms with E-state index in [2.05, 4.69) is 19.2 Å². The number of hydrogen-bond donors (Lipinski definition) is 1. The van der Waals surface area contributed by atoms with Crippen LogP contribution in [0.2, 0.25) is 0 Å². The molecule has 1 aromatic carbocycles. The summed E-state index contributed by atoms with van der Waals surface area (Å²) in [5.74, 6) is 0.452. The largest absolute Gasteiger partial charge is 0.316 e. The molecule has 0 saturated heterocycles. The minimum atomic E-state index is -0.754. The normalized spacial score (nSPS) is 22.6. The van der Waals surface area contributed by atoms with Crippen LogP contribution in [0.15, 0.2) is 18.2 Å². The van der Waals surface area contributed by atoms with Gasteiger partial charge in [-0.3, -0.25) is 0 Å². The maximum atomic E-state index is 13.3. The highest BCUT2D eigenvalue weighted by atomic mass is 19.2. The van der Waals surface area contributed by atoms with E-state index >= 15 is 0 Å². The molecule has 0 radical (unpaired) electrons. The molecule has 1 saturated carbocycles. The van der Waals surface area contributed by atoms with Crippen molar-refractivity contribution in [3.05, 3.63) is 35.4 Å². The van der Waals surface area contributed by atoms with Crippen LogP contribution in [0.5, 0.6) is 0 Å². The second kappa shape index (κ2) is 7.16. The van der Waals surface area contributed by atoms with E-state index in [0.717, 1.165) is 25.1 Å². The number of benzene rings is 1. The van der Waals surface area contributed by atoms with Gasteiger partial charge in [-0.25, -0.2) is 8.78 Å². The van der Waals surface area contributed by atoms with E-state index < -0.39 is 11.6 Å². The van der Waals surface area contributed by atoms with Gasteiger partial charge in [0, 0.05) is 0 Å². The summed E-state index contributed by atoms with van der Waals surface area (Å²) in [7, 11) is 0. The first-order chi connectivity index (χ1) is 9.56. The quantitative estimate of drug-likeness (QED) is 0.825. The summed E-state index contributed by atoms with van der Waals surface area (Å²) in [6.45, 7) is 6.52. The third-order valence-electron chi connectivity index (χ3n) is 4.26. The van der Waals surface area contributed by atoms with E-state index in [1.807, 2.05) is 0 Å². The molecular formula is C17H25F2N. The molecule has 3 heteroatoms. The average molecular weight is 281 g/mol. The Kier molecular flexibility index (Phi) is 5.53. The molecule has 20 heavy (non-hydrogen) atoms. The lowest BCUT2D eigenvalue weighted by atomic mass is 9.89. The zero-order chi connectivity index (χ0) is 14.5. The van der Waals surface area contributed by atoms with E-state index in [-0.39, 0.29) is 0 Å². The molecule has 2 atom stereocenters. The summed E-state index contributed by atoms with van der Waals surface area (Å²) in [6.07, 6.45) is 4.57. The highest BCUT2D eigenvalue weighted by molar-refractivity contribution is 5.18. The maximum Gasteiger partial charge on any atom is 0.159 e. The van der Waals surface area contributed by atoms with Gasteiger partial charge in [0.2, 0.25) is 0 Å². The van der Waals surface area contributed by atoms with Crippen LogP contribution in [0.1, 0.15) is 38.7 Å². The maximum absolute atomic E-state index is 13.3. The molecule has 0 aliphatic heterocycles. The summed E-state index contributed by atoms with van der Waals surface area (Å²) in [4.78, 5) is 0. The van der Waals surface area contributed by atoms with E-state index in [1.54, 1.807) is 6.07 Å². The van der Waals surface area contributed by atoms with Crippen molar-refractivity contribution in [3.8, 4) is 0 Å². The van der Waals surface area contributed by atoms with Gasteiger partial charge in [0.15, 0.2) is 11.6 Å². The number of hydrogen-bond acceptors (Lipinski definition) is 1. The Balaban J connectivity index is 1.88. The molecule has 2 unspecified atom stereocenters. The molecule has 0 aromatic heterocycles. The molecule has 0 bridgehead atoms. The first-order valence-electron chi connectivity index (χ1n) is 7.71. The standard InChI is InChI=1S/C17H25F2N/c1-12(2)10-20-11-15-5-3-4-14(15)8-13-6-7-16(18)17(19)9-13/h6-7,9,12,14-15,20H,3-5,8,10-11H2,1-2H3. The molecule has 1 N–H and O–H groups in total. The zero-order valence-electron chi connectivity index (χ0n) is 12.5. The fourth-order valence-corrected chi connectivity index (χ4v) is 3.18. The Hall–Kier alpha value is -0.960. The SMILES string of the molecule is CC(C)CNCC1CCCC1Cc1ccc(F)c(F)c1. The predicted molar refractivity (Wildman–Crippen MR) is 78.6 cm³/mol. The summed E-state index contributed by atoms with van der Waals surface area (Å²) < 4.78 is 26.2. The van der Waals surface area contributed by atoms with Gasteiger partial charge in [0.05, 0.1) is 0 Å². The van der Waals surface area contributed by atoms with Gasteiger partial charge in [0.25, 0.3) is 0 Å². The Morgan fingerprint density at radius 2 is 1.90 bits per heavy atom. The van der Waals surface area contributed by atoms with E-state index in [1.165, 1.54) is 31.4 Å². The molecule has 1 aliphatic rings. The van der Waals surface area contributed by atoms with Crippen molar-refractivity contribution in [3.63, 3.8) is 0 Å². The summed E-state index contributed by atoms with van der Waals surface area (Å²) >= 11 is 0. The molecule has 0 heterocycles. The third-order valence-corrected chi connectivity index (χ3v) is 4.26. The fraction of sp³-hybridized carbons (Fsp3) is 0.647. The lowest BCUT2D eigenvalue weighted by Gasteiger charge is -2.21. The second-order valence-corrected chi connectivity index (χ2v) is 6.46. The van der Waals surface area contributed by atoms with Crippen LogP contribution in [-0.2, 0) is 6.42 Å². The van der Waals surface area contributed by atoms with E-state index in [0.29, 0.717) is 17.8 Å². The Morgan fingerprint density at radius 1 is 1.15 bits per heavy atom. The molecule has 0 amide bonds. The van der Waals surface area contributed by atoms with Gasteiger partial charge in [0.1, 0.15) is 0 Å². The van der Waals surface area contributed by atoms with Gasteiger partial charge in [-0.05, 0) is 67.8 Å². The van der Waals surface area contributed by atoms with Crippen LogP contribution in [0.25, 0.3) is 0 Å². The second-order valence-electron chi connectivity index (χ2n) is 6.46. The summed E-state index contributed by atoms with van der Waals surface area (Å²) in [6, 6.07) is 4.31. The fourth-order valence-electron chi connectivity index (χ4n) is 3.18. The van der Waals surface area contributed by atoms with Crippen LogP contribution in [-0.4, -0.2) is 13.1 Å². The van der Waals surface area contributed by atoms with Crippen molar-refractivity contribution in [2.75, 3.05) is 13.1 Å². The van der Waals surface area contributed by atoms with Crippen molar-refractivity contribution in [2.45, 2.75) is 39.5 Å². The molecule has 2 rings (SSSR count). The topological polar surface area (TPSA) is 12.0 Å². The minimum absolute atomic E-state index is 0.597. The molecule has 112 valence electrons. The molecular weight excluding hydrogens is 256 g/mol. The monoisotopic (exact) mass is 281 g/mol. The van der Waals surface area contributed by atoms with Crippen molar-refractivity contribution >= 4 is 0 Å². The molecule has 1 aliphatic carbocycles. The van der Waals surface area contributed by atoms with Crippen molar-refractivity contribution in [2.24, 2.45) is 17.8 Å². The zero-order valence-corrected chi connectivity index (χ0v) is 12.5. The summed E-state index contributed by atoms with van der Waals surface area (Å²) in [5.41, 5.74) is 0.921. The van der Waals surface area contributed by atoms with Gasteiger partial charge < -0.3 is 5.32 Å². The first kappa shape index (κ1) is 15.4. The number of rotatable bonds is 6. The van der Waals surface area contributed by atoms with Crippen LogP contribution in [0.3, 0.4) is 0 Å². The van der Waals surface area contributed by atoms with E-state index in [4.69, 9.17) is 0 Å². The van der Waals surface area contributed by atoms with Crippen LogP contribution < -0.4 is 5.32 Å². The van der Waals surface area contributed by atoms with Crippen LogP contribution in [0.4, 0.5) is 8.78 Å². The van der Waals surface area contributed by atoms with E-state index in [9.17, 15) is 8.78 Å². The lowest BCUT2D eigenvalue weighted by Crippen LogP contribution is -2.29. The summed E-state index contributed by atoms with van der Waals surface area (Å²) in [5, 5.41) is 3.53. The lowest BCUT2D eigenvalue weighted by molar-refractivity contribution is 0.356. The minimum Gasteiger partial charge on any atom is -0.316 e. The molecule has 1 fully saturated rings. The average Bonchev–Trinajstić information content (AvgIpc) is 2.81. The predicted octanol–water partition coefficient (Wildman–Crippen LogP) is 4.17. The van der Waals surface area contributed by atoms with Crippen molar-refractivity contribution in [1.82, 2.24) is 5.32 Å². The molecule has 1 aromatic rings. The highest BCUT2D eigenvalue weighted by Crippen LogP contribution is 2.34. The highest BCUT2D eigenvalue weighted by Gasteiger charge is 2.27. The number of nitrogens with one attached hydrogen (secondary N) is 1. The van der Waals surface area contributed by atoms with Crippen molar-refractivity contribution in [1.29, 1.82) is 0 Å². The Labute approximate surface area is 120 Å². The van der Waals surface area contributed by atoms with Crippen molar-refractivity contribution < 1.29 is 8.78 Å². The van der Waals surface area contributed by atoms with Gasteiger partial charge in [-0.15, -0.1) is 0 Å². The third kappa shape index (κ3) is 4.27. The van der Waals surface area contributed by atoms with Crippen LogP contribution in [0, 0.1) is 29.4 Å². The Bertz CT molecular complexity index is 431. The first-order valence-corrected chi connectivity index (χ1v) is 7.71. The van der Waals surface area contributed by atoms with Gasteiger partial charge in [-0.2, -0.15) is 0 Å². The van der Waals surface area contributed by atoms with Gasteiger partial charge >= 0.3 is 0 Å². The smallest absolute Gasteiger partial charge is 0.159 e. The van der Waals surface area contributed by atoms with Gasteiger partial charge in [-0.1, -0.05) is 26.3 Å². The number of halogens is 2. The molecule has 1 nitrogen and oxygen atoms in total. The van der Waals surface area contributed by atoms with Crippen LogP contribution >= 0.6 is 0 Å². The Morgan fingerprint density at radius 3 is 2.60 bits per heavy atom.